The number of nitrogens with zero attached hydrogens (tertiary/aromatic N) is 2. The first kappa shape index (κ1) is 27.3. The number of rotatable bonds is 2. The van der Waals surface area contributed by atoms with Crippen LogP contribution in [-0.2, 0) is 30.0 Å². The molecule has 2 heterocycles. The standard InChI is InChI=1S/C24H16N2.2C2H4O2.Pd/c1-3-7-17(8-4-1)19-13-15-25-23-21(19)11-12-22-20(14-16-26-24(22)23)18-9-5-2-6-10-18;2*1-2(3)4;/h1-16H;2*1H3,(H,3,4);/q;;;+2/p-2. The molecular weight excluding hydrogens is 535 g/mol. The second-order valence-corrected chi connectivity index (χ2v) is 7.29. The van der Waals surface area contributed by atoms with Crippen LogP contribution in [0.1, 0.15) is 13.8 Å². The summed E-state index contributed by atoms with van der Waals surface area (Å²) in [5.74, 6) is -2.17. The number of carboxylic acid groups (broad SMARTS) is 2. The molecule has 6 nitrogen and oxygen atoms in total. The van der Waals surface area contributed by atoms with Gasteiger partial charge in [0, 0.05) is 35.1 Å². The predicted octanol–water partition coefficient (Wildman–Crippen LogP) is 3.63. The van der Waals surface area contributed by atoms with Gasteiger partial charge in [-0.05, 0) is 48.2 Å². The van der Waals surface area contributed by atoms with Crippen molar-refractivity contribution >= 4 is 33.7 Å². The molecule has 0 saturated carbocycles. The topological polar surface area (TPSA) is 106 Å². The number of carbonyl (C=O) groups is 2. The number of benzene rings is 3. The Bertz CT molecular complexity index is 1310. The third-order valence-corrected chi connectivity index (χ3v) is 4.79. The van der Waals surface area contributed by atoms with Crippen LogP contribution in [0.25, 0.3) is 44.1 Å². The second-order valence-electron chi connectivity index (χ2n) is 7.29. The molecule has 0 spiro atoms. The van der Waals surface area contributed by atoms with E-state index in [1.807, 2.05) is 24.5 Å². The van der Waals surface area contributed by atoms with Crippen LogP contribution in [-0.4, -0.2) is 21.9 Å². The van der Waals surface area contributed by atoms with Crippen molar-refractivity contribution in [1.29, 1.82) is 0 Å². The maximum absolute atomic E-state index is 8.89. The van der Waals surface area contributed by atoms with Gasteiger partial charge in [-0.3, -0.25) is 9.97 Å². The molecule has 35 heavy (non-hydrogen) atoms. The van der Waals surface area contributed by atoms with Crippen LogP contribution in [0.5, 0.6) is 0 Å². The molecule has 0 N–H and O–H groups in total. The Morgan fingerprint density at radius 3 is 1.20 bits per heavy atom. The number of pyridine rings is 2. The Morgan fingerprint density at radius 2 is 0.886 bits per heavy atom. The number of carbonyl (C=O) groups excluding carboxylic acids is 2. The Labute approximate surface area is 217 Å². The summed E-state index contributed by atoms with van der Waals surface area (Å²) in [7, 11) is 0. The van der Waals surface area contributed by atoms with E-state index in [1.54, 1.807) is 0 Å². The van der Waals surface area contributed by atoms with Crippen molar-refractivity contribution < 1.29 is 40.2 Å². The Balaban J connectivity index is 0.000000423. The minimum atomic E-state index is -1.08. The molecule has 0 atom stereocenters. The molecule has 0 aliphatic carbocycles. The summed E-state index contributed by atoms with van der Waals surface area (Å²) in [6.07, 6.45) is 3.75. The second kappa shape index (κ2) is 13.1. The minimum Gasteiger partial charge on any atom is -0.550 e. The van der Waals surface area contributed by atoms with Gasteiger partial charge in [-0.1, -0.05) is 72.8 Å². The molecule has 0 aliphatic heterocycles. The summed E-state index contributed by atoms with van der Waals surface area (Å²) >= 11 is 0. The third kappa shape index (κ3) is 7.28. The molecule has 0 unspecified atom stereocenters. The molecule has 2 aromatic heterocycles. The SMILES string of the molecule is CC(=O)[O-].CC(=O)[O-].[Pd+2].c1ccc(-c2ccnc3c2ccc2c(-c4ccccc4)ccnc23)cc1. The van der Waals surface area contributed by atoms with Gasteiger partial charge in [-0.15, -0.1) is 0 Å². The Morgan fingerprint density at radius 1 is 0.571 bits per heavy atom. The van der Waals surface area contributed by atoms with Crippen LogP contribution >= 0.6 is 0 Å². The summed E-state index contributed by atoms with van der Waals surface area (Å²) in [6, 6.07) is 29.3. The van der Waals surface area contributed by atoms with Gasteiger partial charge in [0.1, 0.15) is 0 Å². The van der Waals surface area contributed by atoms with E-state index in [4.69, 9.17) is 19.8 Å². The van der Waals surface area contributed by atoms with E-state index < -0.39 is 11.9 Å². The van der Waals surface area contributed by atoms with Crippen LogP contribution in [0.3, 0.4) is 0 Å². The zero-order valence-corrected chi connectivity index (χ0v) is 20.6. The molecule has 0 saturated heterocycles. The monoisotopic (exact) mass is 556 g/mol. The summed E-state index contributed by atoms with van der Waals surface area (Å²) in [5, 5.41) is 20.0. The summed E-state index contributed by atoms with van der Waals surface area (Å²) in [6.45, 7) is 1.94. The van der Waals surface area contributed by atoms with E-state index in [-0.39, 0.29) is 20.4 Å². The van der Waals surface area contributed by atoms with Gasteiger partial charge in [0.25, 0.3) is 0 Å². The van der Waals surface area contributed by atoms with E-state index in [9.17, 15) is 0 Å². The molecule has 0 amide bonds. The molecular formula is C28H22N2O4Pd. The van der Waals surface area contributed by atoms with Gasteiger partial charge >= 0.3 is 20.4 Å². The van der Waals surface area contributed by atoms with Gasteiger partial charge in [0.05, 0.1) is 11.0 Å². The van der Waals surface area contributed by atoms with E-state index in [0.717, 1.165) is 35.7 Å². The molecule has 3 aromatic carbocycles. The summed E-state index contributed by atoms with van der Waals surface area (Å²) in [4.78, 5) is 27.1. The summed E-state index contributed by atoms with van der Waals surface area (Å²) in [5.41, 5.74) is 6.65. The molecule has 5 rings (SSSR count). The number of fused-ring (bicyclic) bond motifs is 3. The zero-order valence-electron chi connectivity index (χ0n) is 19.1. The molecule has 7 heteroatoms. The average molecular weight is 557 g/mol. The number of hydrogen-bond donors (Lipinski definition) is 0. The maximum Gasteiger partial charge on any atom is 2.00 e. The molecule has 178 valence electrons. The van der Waals surface area contributed by atoms with Crippen molar-refractivity contribution in [2.24, 2.45) is 0 Å². The van der Waals surface area contributed by atoms with E-state index >= 15 is 0 Å². The Hall–Kier alpha value is -3.92. The fourth-order valence-corrected chi connectivity index (χ4v) is 3.57. The number of aliphatic carboxylic acids is 2. The molecule has 0 aliphatic rings. The minimum absolute atomic E-state index is 0. The van der Waals surface area contributed by atoms with Crippen molar-refractivity contribution in [3.05, 3.63) is 97.3 Å². The maximum atomic E-state index is 8.89. The van der Waals surface area contributed by atoms with Gasteiger partial charge in [0.2, 0.25) is 0 Å². The molecule has 0 bridgehead atoms. The van der Waals surface area contributed by atoms with Crippen molar-refractivity contribution in [2.45, 2.75) is 13.8 Å². The quantitative estimate of drug-likeness (QED) is 0.243. The van der Waals surface area contributed by atoms with Crippen molar-refractivity contribution in [2.75, 3.05) is 0 Å². The van der Waals surface area contributed by atoms with Crippen LogP contribution in [0.15, 0.2) is 97.3 Å². The van der Waals surface area contributed by atoms with Gasteiger partial charge in [-0.25, -0.2) is 0 Å². The molecule has 5 aromatic rings. The first-order valence-corrected chi connectivity index (χ1v) is 10.5. The first-order chi connectivity index (χ1) is 16.4. The van der Waals surface area contributed by atoms with Crippen molar-refractivity contribution in [3.8, 4) is 22.3 Å². The van der Waals surface area contributed by atoms with E-state index in [2.05, 4.69) is 82.8 Å². The fraction of sp³-hybridized carbons (Fsp3) is 0.0714. The van der Waals surface area contributed by atoms with E-state index in [1.165, 1.54) is 22.3 Å². The van der Waals surface area contributed by atoms with Gasteiger partial charge in [-0.2, -0.15) is 0 Å². The largest absolute Gasteiger partial charge is 2.00 e. The summed E-state index contributed by atoms with van der Waals surface area (Å²) < 4.78 is 0. The van der Waals surface area contributed by atoms with Gasteiger partial charge < -0.3 is 19.8 Å². The normalized spacial score (nSPS) is 9.66. The predicted molar refractivity (Wildman–Crippen MR) is 129 cm³/mol. The first-order valence-electron chi connectivity index (χ1n) is 10.5. The van der Waals surface area contributed by atoms with Crippen molar-refractivity contribution in [1.82, 2.24) is 9.97 Å². The van der Waals surface area contributed by atoms with Crippen LogP contribution in [0.2, 0.25) is 0 Å². The molecule has 0 fully saturated rings. The smallest absolute Gasteiger partial charge is 0.550 e. The molecule has 0 radical (unpaired) electrons. The third-order valence-electron chi connectivity index (χ3n) is 4.79. The van der Waals surface area contributed by atoms with Gasteiger partial charge in [0.15, 0.2) is 0 Å². The van der Waals surface area contributed by atoms with E-state index in [0.29, 0.717) is 0 Å². The number of aromatic nitrogens is 2. The zero-order chi connectivity index (χ0) is 24.5. The average Bonchev–Trinajstić information content (AvgIpc) is 2.83. The van der Waals surface area contributed by atoms with Crippen LogP contribution in [0.4, 0.5) is 0 Å². The Kier molecular flexibility index (Phi) is 10.2. The number of hydrogen-bond acceptors (Lipinski definition) is 6. The number of carboxylic acids is 2. The van der Waals surface area contributed by atoms with Crippen molar-refractivity contribution in [3.63, 3.8) is 0 Å². The van der Waals surface area contributed by atoms with Crippen LogP contribution in [0, 0.1) is 0 Å². The van der Waals surface area contributed by atoms with Crippen LogP contribution < -0.4 is 10.2 Å². The fourth-order valence-electron chi connectivity index (χ4n) is 3.57.